The van der Waals surface area contributed by atoms with Crippen LogP contribution < -0.4 is 10.6 Å². The molecule has 2 bridgehead atoms. The molecule has 636 valence electrons. The summed E-state index contributed by atoms with van der Waals surface area (Å²) in [6.07, 6.45) is -4.42. The first-order valence-corrected chi connectivity index (χ1v) is 41.7. The zero-order valence-corrected chi connectivity index (χ0v) is 68.6. The molecule has 26 nitrogen and oxygen atoms in total. The lowest BCUT2D eigenvalue weighted by molar-refractivity contribution is -0.215. The van der Waals surface area contributed by atoms with E-state index in [2.05, 4.69) is 10.6 Å². The molecule has 4 saturated carbocycles. The standard InChI is InChI=1S/C81H126F6N12O14/c1-13-23-59-70(103)89-68(49(4)14-2)76(109)91(6)48-67(102)93(8)60-43-54-42-53(54)34-39-98(75(60)108)62(40-50-26-30-55(31-27-50)80(82,83)84)72(105)90(5)47-65(100)88-58(33-29-51-28-32-57(81(85,86)87)64(41-51)112-12)71(104)99-46-56(113-15-3)44-63(99)73(106)96(11)79(35-22-36-79)78(111)95(10)69(52-24-18-16-19-25-52)77(110)94(9)61(45-66(101)92(59)7)74(107)97-37-20-17-21-38-97/h49-52,55-64,68-69H,13-48H2,1-12H3,(H,88,100)(H,89,103)/t49-,50?,51?,55?,56+,57?,58-,59-,60-,61-,62-,63-,64?,68-,69-/m0/s1. The quantitative estimate of drug-likeness (QED) is 0.125. The molecule has 0 aromatic carbocycles. The van der Waals surface area contributed by atoms with Gasteiger partial charge in [-0.25, -0.2) is 0 Å². The molecule has 2 N–H and O–H groups in total. The van der Waals surface area contributed by atoms with Gasteiger partial charge in [0, 0.05) is 95.7 Å². The van der Waals surface area contributed by atoms with Gasteiger partial charge in [0.05, 0.1) is 43.6 Å². The summed E-state index contributed by atoms with van der Waals surface area (Å²) in [5, 5.41) is 5.74. The normalized spacial score (nSPS) is 31.6. The van der Waals surface area contributed by atoms with Gasteiger partial charge in [0.15, 0.2) is 0 Å². The van der Waals surface area contributed by atoms with E-state index < -0.39 is 204 Å². The van der Waals surface area contributed by atoms with Crippen molar-refractivity contribution >= 4 is 70.9 Å². The van der Waals surface area contributed by atoms with Crippen LogP contribution in [0.2, 0.25) is 0 Å². The fraction of sp³-hybridized carbons (Fsp3) is 0.827. The van der Waals surface area contributed by atoms with Crippen LogP contribution in [-0.2, 0) is 67.0 Å². The summed E-state index contributed by atoms with van der Waals surface area (Å²) in [5.74, 6) is -13.5. The highest BCUT2D eigenvalue weighted by atomic mass is 19.4. The molecule has 1 spiro atoms. The van der Waals surface area contributed by atoms with Crippen LogP contribution in [0.3, 0.4) is 0 Å². The molecular weight excluding hydrogens is 1480 g/mol. The minimum Gasteiger partial charge on any atom is -0.381 e. The van der Waals surface area contributed by atoms with Gasteiger partial charge in [0.1, 0.15) is 53.9 Å². The third-order valence-corrected chi connectivity index (χ3v) is 27.0. The van der Waals surface area contributed by atoms with Gasteiger partial charge in [-0.05, 0) is 172 Å². The first kappa shape index (κ1) is 89.8. The molecule has 0 aromatic rings. The Balaban J connectivity index is 1.12. The monoisotopic (exact) mass is 1600 g/mol. The number of likely N-dealkylation sites (tertiary alicyclic amines) is 1. The second kappa shape index (κ2) is 38.8. The molecule has 4 heterocycles. The Morgan fingerprint density at radius 1 is 0.584 bits per heavy atom. The number of hydrogen-bond acceptors (Lipinski definition) is 14. The fourth-order valence-electron chi connectivity index (χ4n) is 19.3. The number of halogens is 6. The molecule has 3 unspecified atom stereocenters. The van der Waals surface area contributed by atoms with Gasteiger partial charge in [-0.3, -0.25) is 57.5 Å². The summed E-state index contributed by atoms with van der Waals surface area (Å²) in [6.45, 7) is 6.37. The SMILES string of the molecule is CCC[C@H]1C(=O)N[C@@H]([C@@H](C)CC)C(=O)N(C)CC(=O)N(C)[C@H]2CC3=C(CCN(C2=O)[C@@H](CC2CCC(C(F)(F)F)CC2)C(=O)N(C)CC(=O)N[C@@H](CCC2CCC(C(F)(F)F)C(OC)C2)C(=O)N2C[C@H](OCC)C[C@H]2C(=O)N(C)C2(CCC2)C(=O)N(C)[C@@H](C2CCCCC2)C(=O)N(C)[C@H](C(=O)N2CCCCC2)CC(=O)N1C)C3. The number of piperidine rings is 1. The smallest absolute Gasteiger partial charge is 0.381 e. The van der Waals surface area contributed by atoms with Gasteiger partial charge >= 0.3 is 12.4 Å². The first-order valence-electron chi connectivity index (χ1n) is 41.7. The predicted molar refractivity (Wildman–Crippen MR) is 406 cm³/mol. The number of alkyl halides is 6. The van der Waals surface area contributed by atoms with E-state index in [1.165, 1.54) is 90.7 Å². The summed E-state index contributed by atoms with van der Waals surface area (Å²) in [6, 6.07) is -10.6. The Morgan fingerprint density at radius 3 is 1.83 bits per heavy atom. The highest BCUT2D eigenvalue weighted by Gasteiger charge is 2.57. The number of amides is 12. The lowest BCUT2D eigenvalue weighted by Crippen LogP contribution is -2.68. The Bertz CT molecular complexity index is 3450. The van der Waals surface area contributed by atoms with Crippen molar-refractivity contribution in [1.29, 1.82) is 0 Å². The molecule has 0 radical (unpaired) electrons. The molecule has 5 aliphatic carbocycles. The van der Waals surface area contributed by atoms with Crippen LogP contribution in [0.15, 0.2) is 11.1 Å². The van der Waals surface area contributed by atoms with Crippen LogP contribution in [-0.4, -0.2) is 301 Å². The number of nitrogens with zero attached hydrogens (tertiary/aromatic N) is 10. The number of hydrogen-bond donors (Lipinski definition) is 2. The van der Waals surface area contributed by atoms with Crippen molar-refractivity contribution in [2.75, 3.05) is 102 Å². The number of carbonyl (C=O) groups is 12. The molecule has 3 saturated heterocycles. The number of likely N-dealkylation sites (N-methyl/N-ethyl adjacent to an activating group) is 7. The van der Waals surface area contributed by atoms with Crippen LogP contribution in [0.4, 0.5) is 26.3 Å². The van der Waals surface area contributed by atoms with Crippen LogP contribution in [0.1, 0.15) is 214 Å². The average Bonchev–Trinajstić information content (AvgIpc) is 1.28. The van der Waals surface area contributed by atoms with E-state index in [1.807, 2.05) is 13.8 Å². The van der Waals surface area contributed by atoms with Crippen molar-refractivity contribution in [2.24, 2.45) is 35.5 Å². The van der Waals surface area contributed by atoms with Crippen molar-refractivity contribution in [2.45, 2.75) is 292 Å². The van der Waals surface area contributed by atoms with Crippen LogP contribution in [0.25, 0.3) is 0 Å². The van der Waals surface area contributed by atoms with Crippen LogP contribution in [0, 0.1) is 35.5 Å². The maximum Gasteiger partial charge on any atom is 0.394 e. The third kappa shape index (κ3) is 21.0. The second-order valence-corrected chi connectivity index (χ2v) is 34.2. The second-order valence-electron chi connectivity index (χ2n) is 34.2. The highest BCUT2D eigenvalue weighted by molar-refractivity contribution is 6.01. The zero-order valence-electron chi connectivity index (χ0n) is 68.6. The van der Waals surface area contributed by atoms with E-state index in [0.717, 1.165) is 46.6 Å². The van der Waals surface area contributed by atoms with E-state index in [4.69, 9.17) is 9.47 Å². The molecule has 9 aliphatic rings. The predicted octanol–water partition coefficient (Wildman–Crippen LogP) is 7.63. The van der Waals surface area contributed by atoms with Gasteiger partial charge in [0.25, 0.3) is 0 Å². The highest BCUT2D eigenvalue weighted by Crippen LogP contribution is 2.47. The van der Waals surface area contributed by atoms with Crippen molar-refractivity contribution in [3.05, 3.63) is 11.1 Å². The summed E-state index contributed by atoms with van der Waals surface area (Å²) < 4.78 is 97.5. The van der Waals surface area contributed by atoms with E-state index in [9.17, 15) is 40.7 Å². The third-order valence-electron chi connectivity index (χ3n) is 27.0. The minimum atomic E-state index is -4.56. The number of ether oxygens (including phenoxy) is 2. The summed E-state index contributed by atoms with van der Waals surface area (Å²) in [5.41, 5.74) is 0.301. The largest absolute Gasteiger partial charge is 0.394 e. The zero-order chi connectivity index (χ0) is 82.9. The Kier molecular flexibility index (Phi) is 30.8. The fourth-order valence-corrected chi connectivity index (χ4v) is 19.3. The van der Waals surface area contributed by atoms with Gasteiger partial charge in [-0.15, -0.1) is 0 Å². The van der Waals surface area contributed by atoms with Gasteiger partial charge in [-0.1, -0.05) is 64.0 Å². The average molecular weight is 1610 g/mol. The maximum atomic E-state index is 16.0. The van der Waals surface area contributed by atoms with Gasteiger partial charge in [-0.2, -0.15) is 26.3 Å². The first-order chi connectivity index (χ1) is 53.4. The number of nitrogens with one attached hydrogen (secondary N) is 2. The van der Waals surface area contributed by atoms with E-state index in [1.54, 1.807) is 18.7 Å². The molecule has 7 fully saturated rings. The molecule has 113 heavy (non-hydrogen) atoms. The van der Waals surface area contributed by atoms with Crippen LogP contribution in [0.5, 0.6) is 0 Å². The van der Waals surface area contributed by atoms with Gasteiger partial charge < -0.3 is 69.1 Å². The number of methoxy groups -OCH3 is 1. The molecular formula is C81H126F6N12O14. The molecule has 12 amide bonds. The lowest BCUT2D eigenvalue weighted by Gasteiger charge is -2.51. The molecule has 4 aliphatic heterocycles. The topological polar surface area (TPSA) is 280 Å². The summed E-state index contributed by atoms with van der Waals surface area (Å²) >= 11 is 0. The Hall–Kier alpha value is -7.12. The number of rotatable bonds is 14. The number of fused-ring (bicyclic) bond motifs is 3. The van der Waals surface area contributed by atoms with E-state index >= 15 is 43.2 Å². The lowest BCUT2D eigenvalue weighted by atomic mass is 9.73. The summed E-state index contributed by atoms with van der Waals surface area (Å²) in [7, 11) is 11.1. The van der Waals surface area contributed by atoms with Crippen LogP contribution >= 0.6 is 0 Å². The molecule has 13 atom stereocenters. The van der Waals surface area contributed by atoms with E-state index in [0.29, 0.717) is 70.9 Å². The molecule has 9 rings (SSSR count). The van der Waals surface area contributed by atoms with Crippen molar-refractivity contribution in [3.63, 3.8) is 0 Å². The van der Waals surface area contributed by atoms with E-state index in [-0.39, 0.29) is 116 Å². The summed E-state index contributed by atoms with van der Waals surface area (Å²) in [4.78, 5) is 198. The maximum absolute atomic E-state index is 16.0. The Labute approximate surface area is 662 Å². The molecule has 32 heteroatoms. The Morgan fingerprint density at radius 2 is 1.23 bits per heavy atom. The van der Waals surface area contributed by atoms with Gasteiger partial charge in [0.2, 0.25) is 70.9 Å². The van der Waals surface area contributed by atoms with Crippen molar-refractivity contribution in [3.8, 4) is 0 Å². The molecule has 0 aromatic heterocycles. The van der Waals surface area contributed by atoms with Crippen molar-refractivity contribution < 1.29 is 93.4 Å². The number of carbonyl (C=O) groups excluding carboxylic acids is 12. The minimum absolute atomic E-state index is 0.0365. The van der Waals surface area contributed by atoms with Crippen molar-refractivity contribution in [1.82, 2.24) is 59.6 Å².